The maximum Gasteiger partial charge on any atom is 0.435 e. The summed E-state index contributed by atoms with van der Waals surface area (Å²) in [5.74, 6) is -1.37. The van der Waals surface area contributed by atoms with E-state index in [0.717, 1.165) is 30.0 Å². The lowest BCUT2D eigenvalue weighted by Crippen LogP contribution is -2.52. The fourth-order valence-corrected chi connectivity index (χ4v) is 6.10. The summed E-state index contributed by atoms with van der Waals surface area (Å²) >= 11 is -1.63. The van der Waals surface area contributed by atoms with Crippen molar-refractivity contribution in [2.75, 3.05) is 5.32 Å². The van der Waals surface area contributed by atoms with Gasteiger partial charge in [0.25, 0.3) is 5.91 Å². The van der Waals surface area contributed by atoms with Gasteiger partial charge in [0.05, 0.1) is 23.0 Å². The molecule has 5 rings (SSSR count). The van der Waals surface area contributed by atoms with Gasteiger partial charge in [0.1, 0.15) is 21.8 Å². The van der Waals surface area contributed by atoms with E-state index in [2.05, 4.69) is 21.2 Å². The molecular weight excluding hydrogens is 618 g/mol. The number of carbonyl (C=O) groups excluding carboxylic acids is 1. The molecule has 0 spiro atoms. The first kappa shape index (κ1) is 33.2. The number of nitriles is 1. The van der Waals surface area contributed by atoms with E-state index in [9.17, 15) is 27.8 Å². The number of aromatic nitrogens is 2. The van der Waals surface area contributed by atoms with Crippen LogP contribution in [0.3, 0.4) is 0 Å². The lowest BCUT2D eigenvalue weighted by molar-refractivity contribution is -0.141. The van der Waals surface area contributed by atoms with Crippen LogP contribution in [0.4, 0.5) is 23.2 Å². The van der Waals surface area contributed by atoms with Crippen LogP contribution in [-0.2, 0) is 23.1 Å². The van der Waals surface area contributed by atoms with Crippen molar-refractivity contribution in [2.45, 2.75) is 62.9 Å². The summed E-state index contributed by atoms with van der Waals surface area (Å²) in [6.07, 6.45) is -1.52. The van der Waals surface area contributed by atoms with Gasteiger partial charge in [-0.25, -0.2) is 9.07 Å². The van der Waals surface area contributed by atoms with Gasteiger partial charge in [0.2, 0.25) is 0 Å². The van der Waals surface area contributed by atoms with Crippen molar-refractivity contribution in [1.29, 1.82) is 5.26 Å². The van der Waals surface area contributed by atoms with Gasteiger partial charge >= 0.3 is 6.18 Å². The first-order valence-electron chi connectivity index (χ1n) is 14.8. The molecule has 1 unspecified atom stereocenters. The number of nitrogens with one attached hydrogen (secondary N) is 2. The minimum Gasteiger partial charge on any atom is -0.598 e. The van der Waals surface area contributed by atoms with Gasteiger partial charge in [-0.2, -0.15) is 23.5 Å². The van der Waals surface area contributed by atoms with Gasteiger partial charge in [0, 0.05) is 17.4 Å². The molecule has 1 aliphatic carbocycles. The van der Waals surface area contributed by atoms with Crippen LogP contribution in [-0.4, -0.2) is 25.0 Å². The van der Waals surface area contributed by atoms with Crippen LogP contribution in [0.25, 0.3) is 5.69 Å². The van der Waals surface area contributed by atoms with E-state index in [1.165, 1.54) is 24.3 Å². The summed E-state index contributed by atoms with van der Waals surface area (Å²) in [7, 11) is 0. The zero-order valence-corrected chi connectivity index (χ0v) is 26.3. The fourth-order valence-electron chi connectivity index (χ4n) is 5.14. The number of hydrogen-bond donors (Lipinski definition) is 2. The van der Waals surface area contributed by atoms with Crippen LogP contribution < -0.4 is 10.0 Å². The molecule has 1 aromatic heterocycles. The zero-order chi connectivity index (χ0) is 33.3. The van der Waals surface area contributed by atoms with Crippen LogP contribution in [0.15, 0.2) is 78.9 Å². The third kappa shape index (κ3) is 7.28. The Morgan fingerprint density at radius 3 is 2.35 bits per heavy atom. The molecule has 0 aliphatic heterocycles. The van der Waals surface area contributed by atoms with Crippen molar-refractivity contribution in [3.8, 4) is 11.8 Å². The Balaban J connectivity index is 1.61. The molecule has 12 heteroatoms. The van der Waals surface area contributed by atoms with Crippen molar-refractivity contribution < 1.29 is 26.9 Å². The summed E-state index contributed by atoms with van der Waals surface area (Å²) < 4.78 is 73.5. The lowest BCUT2D eigenvalue weighted by atomic mass is 9.79. The molecular formula is C34H33F4N5O2S. The molecule has 1 heterocycles. The smallest absolute Gasteiger partial charge is 0.435 e. The number of halogens is 4. The highest BCUT2D eigenvalue weighted by atomic mass is 32.2. The normalized spacial score (nSPS) is 15.5. The average Bonchev–Trinajstić information content (AvgIpc) is 3.73. The summed E-state index contributed by atoms with van der Waals surface area (Å²) in [5.41, 5.74) is -1.50. The molecule has 0 radical (unpaired) electrons. The minimum atomic E-state index is -4.83. The maximum absolute atomic E-state index is 15.4. The van der Waals surface area contributed by atoms with E-state index < -0.39 is 50.9 Å². The second kappa shape index (κ2) is 12.9. The van der Waals surface area contributed by atoms with Crippen LogP contribution in [0.2, 0.25) is 0 Å². The fraction of sp³-hybridized carbons (Fsp3) is 0.324. The number of para-hydroxylation sites is 1. The molecule has 3 aromatic carbocycles. The molecule has 4 aromatic rings. The summed E-state index contributed by atoms with van der Waals surface area (Å²) in [6.45, 7) is 5.44. The van der Waals surface area contributed by atoms with E-state index in [1.54, 1.807) is 42.5 Å². The lowest BCUT2D eigenvalue weighted by Gasteiger charge is -2.39. The SMILES string of the molecule is CC(C)(C)[S+]([O-])N[C@](CCC1CC1)(c1cccc(C#N)c1)c1ccc(F)c(NC(=O)c2cc(C(F)(F)F)nn2-c2ccccc2)c1. The number of anilines is 1. The van der Waals surface area contributed by atoms with Crippen LogP contribution in [0.1, 0.15) is 79.3 Å². The number of alkyl halides is 3. The third-order valence-electron chi connectivity index (χ3n) is 7.87. The Hall–Kier alpha value is -4.18. The molecule has 1 amide bonds. The Kier molecular flexibility index (Phi) is 9.31. The molecule has 2 N–H and O–H groups in total. The quantitative estimate of drug-likeness (QED) is 0.135. The first-order chi connectivity index (χ1) is 21.7. The monoisotopic (exact) mass is 651 g/mol. The second-order valence-electron chi connectivity index (χ2n) is 12.4. The van der Waals surface area contributed by atoms with Crippen molar-refractivity contribution >= 4 is 23.0 Å². The molecule has 1 aliphatic rings. The molecule has 46 heavy (non-hydrogen) atoms. The molecule has 1 fully saturated rings. The summed E-state index contributed by atoms with van der Waals surface area (Å²) in [4.78, 5) is 13.5. The number of benzene rings is 3. The molecule has 2 atom stereocenters. The number of nitrogens with zero attached hydrogens (tertiary/aromatic N) is 3. The van der Waals surface area contributed by atoms with E-state index in [-0.39, 0.29) is 11.4 Å². The molecule has 0 bridgehead atoms. The second-order valence-corrected chi connectivity index (χ2v) is 14.3. The molecule has 240 valence electrons. The highest BCUT2D eigenvalue weighted by Crippen LogP contribution is 2.43. The average molecular weight is 652 g/mol. The Morgan fingerprint density at radius 2 is 1.72 bits per heavy atom. The van der Waals surface area contributed by atoms with Gasteiger partial charge in [-0.05, 0) is 87.1 Å². The predicted octanol–water partition coefficient (Wildman–Crippen LogP) is 7.64. The minimum absolute atomic E-state index is 0.211. The van der Waals surface area contributed by atoms with E-state index >= 15 is 4.39 Å². The topological polar surface area (TPSA) is 106 Å². The summed E-state index contributed by atoms with van der Waals surface area (Å²) in [5, 5.41) is 15.7. The number of rotatable bonds is 10. The Labute approximate surface area is 267 Å². The standard InChI is InChI=1S/C34H33F4N5O2S/c1-32(2,3)46(45)42-33(17-16-22-12-13-22,24-9-7-8-23(18-24)21-39)25-14-15-27(35)28(19-25)40-31(44)29-20-30(34(36,37)38)41-43(29)26-10-5-4-6-11-26/h4-11,14-15,18-20,22,42H,12-13,16-17H2,1-3H3,(H,40,44)/t33-,46?/m1/s1. The van der Waals surface area contributed by atoms with Crippen LogP contribution >= 0.6 is 0 Å². The number of hydrogen-bond acceptors (Lipinski definition) is 5. The molecule has 1 saturated carbocycles. The molecule has 0 saturated heterocycles. The zero-order valence-electron chi connectivity index (χ0n) is 25.5. The maximum atomic E-state index is 15.4. The van der Waals surface area contributed by atoms with Gasteiger partial charge in [-0.1, -0.05) is 49.2 Å². The van der Waals surface area contributed by atoms with Crippen molar-refractivity contribution in [3.63, 3.8) is 0 Å². The predicted molar refractivity (Wildman–Crippen MR) is 168 cm³/mol. The summed E-state index contributed by atoms with van der Waals surface area (Å²) in [6, 6.07) is 21.5. The van der Waals surface area contributed by atoms with Crippen molar-refractivity contribution in [1.82, 2.24) is 14.5 Å². The number of carbonyl (C=O) groups is 1. The van der Waals surface area contributed by atoms with E-state index in [1.807, 2.05) is 20.8 Å². The largest absolute Gasteiger partial charge is 0.598 e. The third-order valence-corrected chi connectivity index (χ3v) is 9.52. The van der Waals surface area contributed by atoms with E-state index in [4.69, 9.17) is 0 Å². The number of amides is 1. The van der Waals surface area contributed by atoms with Crippen LogP contribution in [0.5, 0.6) is 0 Å². The highest BCUT2D eigenvalue weighted by Gasteiger charge is 2.44. The Morgan fingerprint density at radius 1 is 1.02 bits per heavy atom. The van der Waals surface area contributed by atoms with E-state index in [0.29, 0.717) is 35.1 Å². The van der Waals surface area contributed by atoms with Crippen molar-refractivity contribution in [3.05, 3.63) is 113 Å². The van der Waals surface area contributed by atoms with Gasteiger partial charge in [-0.15, -0.1) is 4.72 Å². The molecule has 7 nitrogen and oxygen atoms in total. The van der Waals surface area contributed by atoms with Gasteiger partial charge in [0.15, 0.2) is 5.69 Å². The highest BCUT2D eigenvalue weighted by molar-refractivity contribution is 7.90. The van der Waals surface area contributed by atoms with Gasteiger partial charge in [-0.3, -0.25) is 4.79 Å². The first-order valence-corrected chi connectivity index (χ1v) is 15.9. The van der Waals surface area contributed by atoms with Gasteiger partial charge < -0.3 is 9.87 Å². The Bertz CT molecular complexity index is 1760. The van der Waals surface area contributed by atoms with Crippen LogP contribution in [0, 0.1) is 23.1 Å². The van der Waals surface area contributed by atoms with Crippen molar-refractivity contribution in [2.24, 2.45) is 5.92 Å².